The lowest BCUT2D eigenvalue weighted by Crippen LogP contribution is -2.43. The Kier molecular flexibility index (Phi) is 10.5. The summed E-state index contributed by atoms with van der Waals surface area (Å²) in [4.78, 5) is 30.8. The Morgan fingerprint density at radius 1 is 0.800 bits per heavy atom. The lowest BCUT2D eigenvalue weighted by molar-refractivity contribution is -0.133. The van der Waals surface area contributed by atoms with Gasteiger partial charge in [0, 0.05) is 42.1 Å². The second-order valence-corrected chi connectivity index (χ2v) is 10.4. The number of hydrogen-bond acceptors (Lipinski definition) is 2. The van der Waals surface area contributed by atoms with Crippen LogP contribution in [-0.2, 0) is 24.4 Å². The molecule has 0 saturated carbocycles. The molecule has 0 radical (unpaired) electrons. The average molecular weight is 560 g/mol. The van der Waals surface area contributed by atoms with E-state index in [9.17, 15) is 14.0 Å². The Hall–Kier alpha value is -3.90. The van der Waals surface area contributed by atoms with Crippen molar-refractivity contribution in [2.75, 3.05) is 13.1 Å². The minimum Gasteiger partial charge on any atom is -0.345 e. The molecule has 0 atom stereocenters. The van der Waals surface area contributed by atoms with Crippen LogP contribution in [0.25, 0.3) is 0 Å². The average Bonchev–Trinajstić information content (AvgIpc) is 3.40. The van der Waals surface area contributed by atoms with Gasteiger partial charge in [0.1, 0.15) is 12.4 Å². The van der Waals surface area contributed by atoms with Crippen molar-refractivity contribution in [3.63, 3.8) is 0 Å². The van der Waals surface area contributed by atoms with E-state index in [4.69, 9.17) is 11.6 Å². The van der Waals surface area contributed by atoms with Gasteiger partial charge in [0.05, 0.1) is 6.54 Å². The molecule has 1 heterocycles. The van der Waals surface area contributed by atoms with Crippen molar-refractivity contribution in [2.24, 2.45) is 0 Å². The van der Waals surface area contributed by atoms with Crippen LogP contribution in [0.15, 0.2) is 97.2 Å². The van der Waals surface area contributed by atoms with Crippen LogP contribution in [0.5, 0.6) is 0 Å². The lowest BCUT2D eigenvalue weighted by Gasteiger charge is -2.28. The molecule has 0 aliphatic carbocycles. The molecule has 0 fully saturated rings. The summed E-state index contributed by atoms with van der Waals surface area (Å²) in [6, 6.07) is 27.0. The molecule has 40 heavy (non-hydrogen) atoms. The maximum atomic E-state index is 13.9. The zero-order chi connectivity index (χ0) is 28.3. The summed E-state index contributed by atoms with van der Waals surface area (Å²) < 4.78 is 15.5. The highest BCUT2D eigenvalue weighted by molar-refractivity contribution is 6.30. The van der Waals surface area contributed by atoms with E-state index < -0.39 is 0 Å². The highest BCUT2D eigenvalue weighted by Crippen LogP contribution is 2.17. The Morgan fingerprint density at radius 3 is 2.23 bits per heavy atom. The topological polar surface area (TPSA) is 45.6 Å². The van der Waals surface area contributed by atoms with E-state index in [0.717, 1.165) is 36.1 Å². The number of carbonyl (C=O) groups is 2. The van der Waals surface area contributed by atoms with E-state index in [1.165, 1.54) is 12.1 Å². The van der Waals surface area contributed by atoms with Crippen molar-refractivity contribution in [1.82, 2.24) is 14.4 Å². The number of hydrogen-bond donors (Lipinski definition) is 0. The molecule has 0 unspecified atom stereocenters. The van der Waals surface area contributed by atoms with Gasteiger partial charge in [0.25, 0.3) is 5.91 Å². The van der Waals surface area contributed by atoms with Crippen LogP contribution in [0.4, 0.5) is 4.39 Å². The van der Waals surface area contributed by atoms with Gasteiger partial charge in [0.2, 0.25) is 5.91 Å². The second-order valence-electron chi connectivity index (χ2n) is 9.93. The van der Waals surface area contributed by atoms with Gasteiger partial charge in [-0.25, -0.2) is 4.39 Å². The highest BCUT2D eigenvalue weighted by atomic mass is 35.5. The van der Waals surface area contributed by atoms with Gasteiger partial charge >= 0.3 is 0 Å². The molecule has 0 aliphatic rings. The second kappa shape index (κ2) is 14.5. The molecule has 3 aromatic carbocycles. The first-order valence-electron chi connectivity index (χ1n) is 13.7. The molecule has 1 aromatic heterocycles. The third-order valence-electron chi connectivity index (χ3n) is 6.85. The first-order valence-corrected chi connectivity index (χ1v) is 14.1. The number of amides is 2. The summed E-state index contributed by atoms with van der Waals surface area (Å²) in [6.07, 6.45) is 4.78. The molecular formula is C33H35ClFN3O2. The van der Waals surface area contributed by atoms with E-state index >= 15 is 0 Å². The van der Waals surface area contributed by atoms with Crippen molar-refractivity contribution < 1.29 is 14.0 Å². The van der Waals surface area contributed by atoms with E-state index in [2.05, 4.69) is 11.5 Å². The summed E-state index contributed by atoms with van der Waals surface area (Å²) >= 11 is 6.04. The SMILES string of the molecule is CCCCCN(CC(=O)N(Cc1ccccc1)Cc1cccn1Cc1ccc(F)cc1)C(=O)c1ccc(Cl)cc1. The molecule has 0 N–H and O–H groups in total. The smallest absolute Gasteiger partial charge is 0.254 e. The number of halogens is 2. The zero-order valence-corrected chi connectivity index (χ0v) is 23.6. The van der Waals surface area contributed by atoms with Gasteiger partial charge in [-0.1, -0.05) is 73.8 Å². The number of benzene rings is 3. The minimum absolute atomic E-state index is 0.0172. The summed E-state index contributed by atoms with van der Waals surface area (Å²) in [5, 5.41) is 0.558. The maximum Gasteiger partial charge on any atom is 0.254 e. The third-order valence-corrected chi connectivity index (χ3v) is 7.10. The minimum atomic E-state index is -0.271. The van der Waals surface area contributed by atoms with Gasteiger partial charge < -0.3 is 14.4 Å². The third kappa shape index (κ3) is 8.30. The fraction of sp³-hybridized carbons (Fsp3) is 0.273. The highest BCUT2D eigenvalue weighted by Gasteiger charge is 2.23. The molecule has 0 saturated heterocycles. The summed E-state index contributed by atoms with van der Waals surface area (Å²) in [7, 11) is 0. The van der Waals surface area contributed by atoms with E-state index in [1.807, 2.05) is 48.7 Å². The Labute approximate surface area is 240 Å². The normalized spacial score (nSPS) is 10.9. The van der Waals surface area contributed by atoms with Crippen molar-refractivity contribution in [2.45, 2.75) is 45.8 Å². The largest absolute Gasteiger partial charge is 0.345 e. The maximum absolute atomic E-state index is 13.9. The predicted molar refractivity (Wildman–Crippen MR) is 158 cm³/mol. The van der Waals surface area contributed by atoms with Gasteiger partial charge in [-0.15, -0.1) is 0 Å². The van der Waals surface area contributed by atoms with Crippen molar-refractivity contribution >= 4 is 23.4 Å². The first-order chi connectivity index (χ1) is 19.4. The summed E-state index contributed by atoms with van der Waals surface area (Å²) in [5.74, 6) is -0.578. The fourth-order valence-electron chi connectivity index (χ4n) is 4.61. The number of unbranched alkanes of at least 4 members (excludes halogenated alkanes) is 2. The number of nitrogens with zero attached hydrogens (tertiary/aromatic N) is 3. The van der Waals surface area contributed by atoms with Crippen LogP contribution < -0.4 is 0 Å². The molecule has 5 nitrogen and oxygen atoms in total. The first kappa shape index (κ1) is 29.1. The number of aromatic nitrogens is 1. The molecule has 0 bridgehead atoms. The zero-order valence-electron chi connectivity index (χ0n) is 22.8. The Balaban J connectivity index is 1.55. The van der Waals surface area contributed by atoms with Crippen molar-refractivity contribution in [3.05, 3.63) is 130 Å². The standard InChI is InChI=1S/C33H35ClFN3O2/c1-2-3-7-20-37(33(40)28-14-16-29(34)17-15-28)25-32(39)38(23-26-9-5-4-6-10-26)24-31-11-8-21-36(31)22-27-12-18-30(35)19-13-27/h4-6,8-19,21H,2-3,7,20,22-25H2,1H3. The molecule has 7 heteroatoms. The fourth-order valence-corrected chi connectivity index (χ4v) is 4.73. The van der Waals surface area contributed by atoms with Crippen LogP contribution >= 0.6 is 11.6 Å². The molecule has 4 rings (SSSR count). The monoisotopic (exact) mass is 559 g/mol. The number of rotatable bonds is 13. The van der Waals surface area contributed by atoms with Gasteiger partial charge in [-0.05, 0) is 66.1 Å². The van der Waals surface area contributed by atoms with Crippen molar-refractivity contribution in [1.29, 1.82) is 0 Å². The van der Waals surface area contributed by atoms with Crippen LogP contribution in [0.1, 0.15) is 53.4 Å². The van der Waals surface area contributed by atoms with Crippen LogP contribution in [0, 0.1) is 5.82 Å². The van der Waals surface area contributed by atoms with E-state index in [0.29, 0.717) is 36.8 Å². The van der Waals surface area contributed by atoms with Crippen molar-refractivity contribution in [3.8, 4) is 0 Å². The Morgan fingerprint density at radius 2 is 1.52 bits per heavy atom. The molecule has 2 amide bonds. The van der Waals surface area contributed by atoms with Gasteiger partial charge in [-0.2, -0.15) is 0 Å². The molecule has 4 aromatic rings. The summed E-state index contributed by atoms with van der Waals surface area (Å²) in [6.45, 7) is 3.95. The van der Waals surface area contributed by atoms with Crippen LogP contribution in [0.2, 0.25) is 5.02 Å². The Bertz CT molecular complexity index is 1370. The number of carbonyl (C=O) groups excluding carboxylic acids is 2. The van der Waals surface area contributed by atoms with Crippen LogP contribution in [0.3, 0.4) is 0 Å². The molecular weight excluding hydrogens is 525 g/mol. The van der Waals surface area contributed by atoms with Gasteiger partial charge in [-0.3, -0.25) is 9.59 Å². The predicted octanol–water partition coefficient (Wildman–Crippen LogP) is 7.19. The molecule has 208 valence electrons. The summed E-state index contributed by atoms with van der Waals surface area (Å²) in [5.41, 5.74) is 3.44. The van der Waals surface area contributed by atoms with Crippen LogP contribution in [-0.4, -0.2) is 39.3 Å². The molecule has 0 aliphatic heterocycles. The lowest BCUT2D eigenvalue weighted by atomic mass is 10.1. The van der Waals surface area contributed by atoms with E-state index in [1.54, 1.807) is 46.2 Å². The van der Waals surface area contributed by atoms with E-state index in [-0.39, 0.29) is 24.2 Å². The molecule has 0 spiro atoms. The van der Waals surface area contributed by atoms with Gasteiger partial charge in [0.15, 0.2) is 0 Å². The quantitative estimate of drug-likeness (QED) is 0.163.